The molecule has 114 valence electrons. The molecule has 0 heterocycles. The molecule has 0 spiro atoms. The van der Waals surface area contributed by atoms with Gasteiger partial charge in [-0.25, -0.2) is 9.59 Å². The van der Waals surface area contributed by atoms with Crippen LogP contribution in [0.3, 0.4) is 0 Å². The molecule has 0 saturated carbocycles. The zero-order valence-corrected chi connectivity index (χ0v) is 12.6. The quantitative estimate of drug-likeness (QED) is 0.418. The van der Waals surface area contributed by atoms with Crippen LogP contribution in [0.25, 0.3) is 0 Å². The smallest absolute Gasteiger partial charge is 0.407 e. The molecule has 6 nitrogen and oxygen atoms in total. The Labute approximate surface area is 119 Å². The van der Waals surface area contributed by atoms with E-state index in [0.29, 0.717) is 12.0 Å². The van der Waals surface area contributed by atoms with Gasteiger partial charge >= 0.3 is 12.1 Å². The molecule has 1 unspecified atom stereocenters. The van der Waals surface area contributed by atoms with E-state index < -0.39 is 17.5 Å². The first-order chi connectivity index (χ1) is 9.23. The standard InChI is InChI=1S/C14H23NO5/c1-6-14(5,11(4)16)9-20-13(18)15-7-8-19-12(17)10(2)3/h2,6-9H2,1,3-5H3,(H,15,18). The Morgan fingerprint density at radius 1 is 1.20 bits per heavy atom. The van der Waals surface area contributed by atoms with Gasteiger partial charge in [-0.05, 0) is 27.2 Å². The van der Waals surface area contributed by atoms with Gasteiger partial charge in [0.05, 0.1) is 12.0 Å². The summed E-state index contributed by atoms with van der Waals surface area (Å²) >= 11 is 0. The second kappa shape index (κ2) is 8.35. The molecular formula is C14H23NO5. The van der Waals surface area contributed by atoms with Crippen molar-refractivity contribution >= 4 is 17.8 Å². The van der Waals surface area contributed by atoms with Gasteiger partial charge in [-0.15, -0.1) is 0 Å². The van der Waals surface area contributed by atoms with Crippen LogP contribution in [0.2, 0.25) is 0 Å². The SMILES string of the molecule is C=C(C)C(=O)OCCNC(=O)OCC(C)(CC)C(C)=O. The van der Waals surface area contributed by atoms with Gasteiger partial charge in [0.2, 0.25) is 0 Å². The first-order valence-electron chi connectivity index (χ1n) is 6.47. The molecule has 0 aromatic rings. The molecular weight excluding hydrogens is 262 g/mol. The van der Waals surface area contributed by atoms with Crippen molar-refractivity contribution in [1.29, 1.82) is 0 Å². The van der Waals surface area contributed by atoms with E-state index in [0.717, 1.165) is 0 Å². The number of nitrogens with one attached hydrogen (secondary N) is 1. The summed E-state index contributed by atoms with van der Waals surface area (Å²) in [6.45, 7) is 10.3. The van der Waals surface area contributed by atoms with Crippen molar-refractivity contribution in [3.8, 4) is 0 Å². The summed E-state index contributed by atoms with van der Waals surface area (Å²) in [6.07, 6.45) is -0.0523. The summed E-state index contributed by atoms with van der Waals surface area (Å²) in [4.78, 5) is 33.9. The Balaban J connectivity index is 3.93. The third-order valence-electron chi connectivity index (χ3n) is 3.11. The van der Waals surface area contributed by atoms with Gasteiger partial charge in [-0.3, -0.25) is 4.79 Å². The minimum absolute atomic E-state index is 0.0240. The fourth-order valence-corrected chi connectivity index (χ4v) is 1.15. The summed E-state index contributed by atoms with van der Waals surface area (Å²) in [5.74, 6) is -0.529. The predicted octanol–water partition coefficient (Wildman–Crippen LogP) is 1.84. The third kappa shape index (κ3) is 6.36. The van der Waals surface area contributed by atoms with Crippen molar-refractivity contribution in [2.75, 3.05) is 19.8 Å². The number of rotatable bonds is 8. The molecule has 0 saturated heterocycles. The number of hydrogen-bond donors (Lipinski definition) is 1. The van der Waals surface area contributed by atoms with Crippen molar-refractivity contribution in [3.05, 3.63) is 12.2 Å². The maximum absolute atomic E-state index is 11.4. The van der Waals surface area contributed by atoms with Gasteiger partial charge in [0.25, 0.3) is 0 Å². The number of esters is 1. The fourth-order valence-electron chi connectivity index (χ4n) is 1.15. The van der Waals surface area contributed by atoms with Gasteiger partial charge in [0.1, 0.15) is 19.0 Å². The number of carbonyl (C=O) groups excluding carboxylic acids is 3. The summed E-state index contributed by atoms with van der Waals surface area (Å²) in [5, 5.41) is 2.43. The molecule has 0 bridgehead atoms. The van der Waals surface area contributed by atoms with E-state index in [-0.39, 0.29) is 25.5 Å². The molecule has 1 N–H and O–H groups in total. The van der Waals surface area contributed by atoms with Crippen molar-refractivity contribution in [1.82, 2.24) is 5.32 Å². The van der Waals surface area contributed by atoms with Crippen LogP contribution in [-0.2, 0) is 19.1 Å². The maximum Gasteiger partial charge on any atom is 0.407 e. The third-order valence-corrected chi connectivity index (χ3v) is 3.11. The molecule has 0 rings (SSSR count). The molecule has 0 aromatic carbocycles. The van der Waals surface area contributed by atoms with E-state index in [9.17, 15) is 14.4 Å². The van der Waals surface area contributed by atoms with Crippen LogP contribution in [0.1, 0.15) is 34.1 Å². The second-order valence-electron chi connectivity index (χ2n) is 4.89. The van der Waals surface area contributed by atoms with Gasteiger partial charge in [0, 0.05) is 5.57 Å². The minimum Gasteiger partial charge on any atom is -0.460 e. The average Bonchev–Trinajstić information content (AvgIpc) is 2.40. The molecule has 0 aliphatic heterocycles. The molecule has 0 radical (unpaired) electrons. The largest absolute Gasteiger partial charge is 0.460 e. The van der Waals surface area contributed by atoms with E-state index in [2.05, 4.69) is 11.9 Å². The first-order valence-corrected chi connectivity index (χ1v) is 6.47. The second-order valence-corrected chi connectivity index (χ2v) is 4.89. The van der Waals surface area contributed by atoms with Crippen LogP contribution in [0, 0.1) is 5.41 Å². The van der Waals surface area contributed by atoms with Crippen molar-refractivity contribution < 1.29 is 23.9 Å². The molecule has 1 atom stereocenters. The number of ketones is 1. The number of hydrogen-bond acceptors (Lipinski definition) is 5. The minimum atomic E-state index is -0.663. The number of ether oxygens (including phenoxy) is 2. The molecule has 0 aliphatic rings. The van der Waals surface area contributed by atoms with Crippen LogP contribution >= 0.6 is 0 Å². The lowest BCUT2D eigenvalue weighted by Gasteiger charge is -2.24. The summed E-state index contributed by atoms with van der Waals surface area (Å²) in [7, 11) is 0. The van der Waals surface area contributed by atoms with Crippen molar-refractivity contribution in [2.24, 2.45) is 5.41 Å². The predicted molar refractivity (Wildman–Crippen MR) is 74.2 cm³/mol. The Hall–Kier alpha value is -1.85. The number of Topliss-reactive ketones (excluding diaryl/α,β-unsaturated/α-hetero) is 1. The monoisotopic (exact) mass is 285 g/mol. The molecule has 0 aromatic heterocycles. The lowest BCUT2D eigenvalue weighted by atomic mass is 9.85. The topological polar surface area (TPSA) is 81.7 Å². The van der Waals surface area contributed by atoms with E-state index in [1.807, 2.05) is 6.92 Å². The molecule has 1 amide bonds. The van der Waals surface area contributed by atoms with Gasteiger partial charge in [-0.2, -0.15) is 0 Å². The Bertz CT molecular complexity index is 391. The van der Waals surface area contributed by atoms with Crippen LogP contribution in [0.4, 0.5) is 4.79 Å². The first kappa shape index (κ1) is 18.1. The Morgan fingerprint density at radius 2 is 1.80 bits per heavy atom. The van der Waals surface area contributed by atoms with E-state index in [1.165, 1.54) is 13.8 Å². The van der Waals surface area contributed by atoms with Gasteiger partial charge in [-0.1, -0.05) is 13.5 Å². The number of amides is 1. The molecule has 0 aliphatic carbocycles. The molecule has 0 fully saturated rings. The normalized spacial score (nSPS) is 13.0. The van der Waals surface area contributed by atoms with E-state index >= 15 is 0 Å². The van der Waals surface area contributed by atoms with Crippen LogP contribution in [0.15, 0.2) is 12.2 Å². The number of carbonyl (C=O) groups is 3. The Morgan fingerprint density at radius 3 is 2.25 bits per heavy atom. The van der Waals surface area contributed by atoms with Gasteiger partial charge < -0.3 is 14.8 Å². The van der Waals surface area contributed by atoms with Crippen LogP contribution in [0.5, 0.6) is 0 Å². The maximum atomic E-state index is 11.4. The highest BCUT2D eigenvalue weighted by Crippen LogP contribution is 2.22. The fraction of sp³-hybridized carbons (Fsp3) is 0.643. The van der Waals surface area contributed by atoms with E-state index in [4.69, 9.17) is 9.47 Å². The van der Waals surface area contributed by atoms with Crippen LogP contribution < -0.4 is 5.32 Å². The highest BCUT2D eigenvalue weighted by Gasteiger charge is 2.29. The van der Waals surface area contributed by atoms with Crippen molar-refractivity contribution in [3.63, 3.8) is 0 Å². The highest BCUT2D eigenvalue weighted by atomic mass is 16.6. The highest BCUT2D eigenvalue weighted by molar-refractivity contribution is 5.86. The lowest BCUT2D eigenvalue weighted by Crippen LogP contribution is -2.35. The number of alkyl carbamates (subject to hydrolysis) is 1. The average molecular weight is 285 g/mol. The summed E-state index contributed by atoms with van der Waals surface area (Å²) < 4.78 is 9.78. The molecule has 6 heteroatoms. The summed E-state index contributed by atoms with van der Waals surface area (Å²) in [5.41, 5.74) is -0.364. The van der Waals surface area contributed by atoms with Crippen LogP contribution in [-0.4, -0.2) is 37.6 Å². The van der Waals surface area contributed by atoms with Gasteiger partial charge in [0.15, 0.2) is 0 Å². The molecule has 20 heavy (non-hydrogen) atoms. The zero-order chi connectivity index (χ0) is 15.8. The van der Waals surface area contributed by atoms with Crippen molar-refractivity contribution in [2.45, 2.75) is 34.1 Å². The summed E-state index contributed by atoms with van der Waals surface area (Å²) in [6, 6.07) is 0. The van der Waals surface area contributed by atoms with E-state index in [1.54, 1.807) is 6.92 Å². The lowest BCUT2D eigenvalue weighted by molar-refractivity contribution is -0.138. The Kier molecular flexibility index (Phi) is 7.57. The zero-order valence-electron chi connectivity index (χ0n) is 12.6.